The first-order valence-electron chi connectivity index (χ1n) is 6.03. The molecule has 1 aliphatic rings. The predicted octanol–water partition coefficient (Wildman–Crippen LogP) is -1.40. The third kappa shape index (κ3) is 3.23. The van der Waals surface area contributed by atoms with Crippen LogP contribution >= 0.6 is 0 Å². The maximum Gasteiger partial charge on any atom is 0.334 e. The van der Waals surface area contributed by atoms with Crippen molar-refractivity contribution in [3.8, 4) is 0 Å². The Kier molecular flexibility index (Phi) is 4.03. The fraction of sp³-hybridized carbons (Fsp3) is 0.455. The van der Waals surface area contributed by atoms with Crippen LogP contribution in [0.4, 0.5) is 0 Å². The SMILES string of the molecule is Cn1cc(S(N)(=O)=O)cc1C(=O)N1CCOC(C(=O)O)C1. The van der Waals surface area contributed by atoms with Crippen LogP contribution in [0.25, 0.3) is 0 Å². The molecule has 0 bridgehead atoms. The van der Waals surface area contributed by atoms with Gasteiger partial charge in [0.2, 0.25) is 10.0 Å². The smallest absolute Gasteiger partial charge is 0.334 e. The molecule has 0 saturated carbocycles. The molecule has 2 rings (SSSR count). The first-order chi connectivity index (χ1) is 9.70. The highest BCUT2D eigenvalue weighted by Gasteiger charge is 2.31. The van der Waals surface area contributed by atoms with Gasteiger partial charge in [-0.15, -0.1) is 0 Å². The molecule has 1 aromatic heterocycles. The second-order valence-corrected chi connectivity index (χ2v) is 6.23. The highest BCUT2D eigenvalue weighted by molar-refractivity contribution is 7.89. The molecular weight excluding hydrogens is 302 g/mol. The summed E-state index contributed by atoms with van der Waals surface area (Å²) in [6, 6.07) is 1.17. The van der Waals surface area contributed by atoms with Crippen LogP contribution in [-0.2, 0) is 26.6 Å². The number of carbonyl (C=O) groups excluding carboxylic acids is 1. The van der Waals surface area contributed by atoms with Gasteiger partial charge in [0, 0.05) is 19.8 Å². The van der Waals surface area contributed by atoms with E-state index in [2.05, 4.69) is 0 Å². The second kappa shape index (κ2) is 5.47. The number of carboxylic acids is 1. The average Bonchev–Trinajstić information content (AvgIpc) is 2.80. The molecule has 1 unspecified atom stereocenters. The number of aryl methyl sites for hydroxylation is 1. The second-order valence-electron chi connectivity index (χ2n) is 4.67. The van der Waals surface area contributed by atoms with E-state index in [1.54, 1.807) is 0 Å². The van der Waals surface area contributed by atoms with Crippen LogP contribution in [0.15, 0.2) is 17.2 Å². The molecule has 0 aromatic carbocycles. The number of ether oxygens (including phenoxy) is 1. The number of aromatic nitrogens is 1. The molecule has 1 fully saturated rings. The molecule has 10 heteroatoms. The minimum atomic E-state index is -3.90. The zero-order chi connectivity index (χ0) is 15.8. The number of primary sulfonamides is 1. The van der Waals surface area contributed by atoms with Crippen LogP contribution in [-0.4, -0.2) is 60.7 Å². The van der Waals surface area contributed by atoms with E-state index < -0.39 is 28.0 Å². The van der Waals surface area contributed by atoms with Crippen molar-refractivity contribution in [2.24, 2.45) is 12.2 Å². The summed E-state index contributed by atoms with van der Waals surface area (Å²) < 4.78 is 28.9. The van der Waals surface area contributed by atoms with E-state index in [1.807, 2.05) is 0 Å². The monoisotopic (exact) mass is 317 g/mol. The number of sulfonamides is 1. The number of hydrogen-bond donors (Lipinski definition) is 2. The fourth-order valence-electron chi connectivity index (χ4n) is 2.05. The lowest BCUT2D eigenvalue weighted by Gasteiger charge is -2.30. The third-order valence-electron chi connectivity index (χ3n) is 3.16. The Balaban J connectivity index is 2.24. The Morgan fingerprint density at radius 2 is 2.14 bits per heavy atom. The zero-order valence-corrected chi connectivity index (χ0v) is 12.0. The van der Waals surface area contributed by atoms with Gasteiger partial charge < -0.3 is 19.3 Å². The number of amides is 1. The van der Waals surface area contributed by atoms with Gasteiger partial charge in [-0.2, -0.15) is 0 Å². The predicted molar refractivity (Wildman–Crippen MR) is 70.1 cm³/mol. The van der Waals surface area contributed by atoms with Gasteiger partial charge in [-0.1, -0.05) is 0 Å². The van der Waals surface area contributed by atoms with Crippen molar-refractivity contribution in [3.05, 3.63) is 18.0 Å². The van der Waals surface area contributed by atoms with Crippen molar-refractivity contribution in [2.45, 2.75) is 11.0 Å². The van der Waals surface area contributed by atoms with Crippen LogP contribution < -0.4 is 5.14 Å². The molecule has 0 radical (unpaired) electrons. The Morgan fingerprint density at radius 3 is 2.67 bits per heavy atom. The largest absolute Gasteiger partial charge is 0.479 e. The van der Waals surface area contributed by atoms with E-state index in [0.29, 0.717) is 0 Å². The van der Waals surface area contributed by atoms with Crippen LogP contribution in [0.1, 0.15) is 10.5 Å². The minimum absolute atomic E-state index is 0.0932. The maximum atomic E-state index is 12.3. The molecule has 0 spiro atoms. The molecule has 3 N–H and O–H groups in total. The molecule has 116 valence electrons. The van der Waals surface area contributed by atoms with Gasteiger partial charge in [0.05, 0.1) is 13.2 Å². The van der Waals surface area contributed by atoms with Gasteiger partial charge in [0.15, 0.2) is 6.10 Å². The summed E-state index contributed by atoms with van der Waals surface area (Å²) in [5, 5.41) is 13.9. The number of hydrogen-bond acceptors (Lipinski definition) is 5. The molecule has 1 saturated heterocycles. The summed E-state index contributed by atoms with van der Waals surface area (Å²) in [7, 11) is -2.39. The third-order valence-corrected chi connectivity index (χ3v) is 4.04. The van der Waals surface area contributed by atoms with Crippen molar-refractivity contribution in [1.29, 1.82) is 0 Å². The summed E-state index contributed by atoms with van der Waals surface area (Å²) >= 11 is 0. The zero-order valence-electron chi connectivity index (χ0n) is 11.2. The maximum absolute atomic E-state index is 12.3. The van der Waals surface area contributed by atoms with Crippen LogP contribution in [0.2, 0.25) is 0 Å². The normalized spacial score (nSPS) is 19.5. The summed E-state index contributed by atoms with van der Waals surface area (Å²) in [6.45, 7) is 0.248. The average molecular weight is 317 g/mol. The fourth-order valence-corrected chi connectivity index (χ4v) is 2.63. The summed E-state index contributed by atoms with van der Waals surface area (Å²) in [6.07, 6.45) is 0.151. The van der Waals surface area contributed by atoms with Gasteiger partial charge in [0.1, 0.15) is 10.6 Å². The quantitative estimate of drug-likeness (QED) is 0.704. The Labute approximate surface area is 120 Å². The highest BCUT2D eigenvalue weighted by Crippen LogP contribution is 2.16. The van der Waals surface area contributed by atoms with Gasteiger partial charge in [0.25, 0.3) is 5.91 Å². The van der Waals surface area contributed by atoms with Crippen molar-refractivity contribution in [2.75, 3.05) is 19.7 Å². The topological polar surface area (TPSA) is 132 Å². The van der Waals surface area contributed by atoms with Gasteiger partial charge in [-0.25, -0.2) is 18.4 Å². The highest BCUT2D eigenvalue weighted by atomic mass is 32.2. The Morgan fingerprint density at radius 1 is 1.48 bits per heavy atom. The van der Waals surface area contributed by atoms with Gasteiger partial charge >= 0.3 is 5.97 Å². The molecule has 9 nitrogen and oxygen atoms in total. The van der Waals surface area contributed by atoms with Crippen molar-refractivity contribution in [1.82, 2.24) is 9.47 Å². The first-order valence-corrected chi connectivity index (χ1v) is 7.57. The minimum Gasteiger partial charge on any atom is -0.479 e. The van der Waals surface area contributed by atoms with E-state index in [1.165, 1.54) is 28.8 Å². The summed E-state index contributed by atoms with van der Waals surface area (Å²) in [5.74, 6) is -1.62. The van der Waals surface area contributed by atoms with Crippen molar-refractivity contribution in [3.63, 3.8) is 0 Å². The number of rotatable bonds is 3. The molecule has 21 heavy (non-hydrogen) atoms. The molecule has 1 amide bonds. The van der Waals surface area contributed by atoms with Crippen molar-refractivity contribution >= 4 is 21.9 Å². The number of nitrogens with zero attached hydrogens (tertiary/aromatic N) is 2. The molecule has 2 heterocycles. The lowest BCUT2D eigenvalue weighted by molar-refractivity contribution is -0.154. The van der Waals surface area contributed by atoms with Gasteiger partial charge in [-0.05, 0) is 6.07 Å². The lowest BCUT2D eigenvalue weighted by atomic mass is 10.2. The number of morpholine rings is 1. The van der Waals surface area contributed by atoms with Crippen LogP contribution in [0, 0.1) is 0 Å². The number of nitrogens with two attached hydrogens (primary N) is 1. The summed E-state index contributed by atoms with van der Waals surface area (Å²) in [4.78, 5) is 24.4. The number of aliphatic carboxylic acids is 1. The van der Waals surface area contributed by atoms with E-state index in [4.69, 9.17) is 15.0 Å². The standard InChI is InChI=1S/C11H15N3O6S/c1-13-5-7(21(12,18)19)4-8(13)10(15)14-2-3-20-9(6-14)11(16)17/h4-5,9H,2-3,6H2,1H3,(H,16,17)(H2,12,18,19). The Hall–Kier alpha value is -1.91. The molecular formula is C11H15N3O6S. The number of carbonyl (C=O) groups is 2. The Bertz CT molecular complexity index is 680. The van der Waals surface area contributed by atoms with Crippen LogP contribution in [0.5, 0.6) is 0 Å². The molecule has 1 atom stereocenters. The van der Waals surface area contributed by atoms with E-state index >= 15 is 0 Å². The van der Waals surface area contributed by atoms with Crippen molar-refractivity contribution < 1.29 is 27.9 Å². The number of carboxylic acid groups (broad SMARTS) is 1. The van der Waals surface area contributed by atoms with E-state index in [-0.39, 0.29) is 30.3 Å². The summed E-state index contributed by atoms with van der Waals surface area (Å²) in [5.41, 5.74) is 0.116. The van der Waals surface area contributed by atoms with Crippen LogP contribution in [0.3, 0.4) is 0 Å². The van der Waals surface area contributed by atoms with E-state index in [0.717, 1.165) is 0 Å². The van der Waals surface area contributed by atoms with Gasteiger partial charge in [-0.3, -0.25) is 4.79 Å². The molecule has 1 aliphatic heterocycles. The molecule has 1 aromatic rings. The molecule has 0 aliphatic carbocycles. The van der Waals surface area contributed by atoms with E-state index in [9.17, 15) is 18.0 Å². The first kappa shape index (κ1) is 15.5. The lowest BCUT2D eigenvalue weighted by Crippen LogP contribution is -2.48.